The quantitative estimate of drug-likeness (QED) is 0.113. The summed E-state index contributed by atoms with van der Waals surface area (Å²) in [7, 11) is 0. The number of carbonyl (C=O) groups excluding carboxylic acids is 3. The van der Waals surface area contributed by atoms with Crippen LogP contribution in [0.2, 0.25) is 0 Å². The number of unbranched alkanes of at least 4 members (excludes halogenated alkanes) is 2. The summed E-state index contributed by atoms with van der Waals surface area (Å²) in [6, 6.07) is 0. The van der Waals surface area contributed by atoms with Crippen LogP contribution in [0.1, 0.15) is 58.8 Å². The third-order valence-corrected chi connectivity index (χ3v) is 5.82. The summed E-state index contributed by atoms with van der Waals surface area (Å²) in [6.45, 7) is 2.79. The first-order chi connectivity index (χ1) is 15.5. The summed E-state index contributed by atoms with van der Waals surface area (Å²) in [5.74, 6) is -2.25. The number of ether oxygens (including phenoxy) is 2. The van der Waals surface area contributed by atoms with Gasteiger partial charge in [0.15, 0.2) is 11.9 Å². The highest BCUT2D eigenvalue weighted by Gasteiger charge is 2.43. The summed E-state index contributed by atoms with van der Waals surface area (Å²) < 4.78 is 9.93. The van der Waals surface area contributed by atoms with Crippen molar-refractivity contribution in [3.05, 3.63) is 0 Å². The van der Waals surface area contributed by atoms with E-state index in [0.29, 0.717) is 6.42 Å². The molecule has 0 amide bonds. The molecule has 0 radical (unpaired) electrons. The van der Waals surface area contributed by atoms with Gasteiger partial charge in [-0.25, -0.2) is 4.79 Å². The van der Waals surface area contributed by atoms with Crippen LogP contribution in [0.5, 0.6) is 0 Å². The molecular weight excluding hydrogens is 440 g/mol. The van der Waals surface area contributed by atoms with Gasteiger partial charge in [-0.2, -0.15) is 0 Å². The number of esters is 1. The number of aliphatic hydroxyl groups excluding tert-OH is 6. The number of hydrogen-bond donors (Lipinski definition) is 6. The minimum absolute atomic E-state index is 0.0291. The third kappa shape index (κ3) is 9.01. The highest BCUT2D eigenvalue weighted by Crippen LogP contribution is 2.30. The van der Waals surface area contributed by atoms with E-state index in [9.17, 15) is 45.0 Å². The van der Waals surface area contributed by atoms with Gasteiger partial charge in [0.2, 0.25) is 0 Å². The van der Waals surface area contributed by atoms with Crippen LogP contribution in [0, 0.1) is 5.92 Å². The molecule has 0 aromatic carbocycles. The van der Waals surface area contributed by atoms with Gasteiger partial charge in [-0.15, -0.1) is 0 Å². The van der Waals surface area contributed by atoms with Crippen LogP contribution < -0.4 is 0 Å². The first-order valence-electron chi connectivity index (χ1n) is 11.5. The second-order valence-corrected chi connectivity index (χ2v) is 8.43. The van der Waals surface area contributed by atoms with Crippen molar-refractivity contribution < 1.29 is 54.5 Å². The highest BCUT2D eigenvalue weighted by molar-refractivity contribution is 5.86. The Morgan fingerprint density at radius 2 is 1.67 bits per heavy atom. The molecule has 1 aliphatic rings. The van der Waals surface area contributed by atoms with Crippen LogP contribution in [-0.2, 0) is 23.9 Å². The van der Waals surface area contributed by atoms with E-state index >= 15 is 0 Å². The summed E-state index contributed by atoms with van der Waals surface area (Å²) in [6.07, 6.45) is -8.93. The SMILES string of the molecule is CCCCCC(=O)CC[C@H]1[C@H](O)CC(=O)[C@H]1OCC(O)C(O)C(O)C(O)C(O)C(=O)OCC. The normalized spacial score (nSPS) is 25.3. The predicted octanol–water partition coefficient (Wildman–Crippen LogP) is -1.38. The maximum atomic E-state index is 12.2. The first-order valence-corrected chi connectivity index (χ1v) is 11.5. The smallest absolute Gasteiger partial charge is 0.337 e. The van der Waals surface area contributed by atoms with Crippen LogP contribution in [0.15, 0.2) is 0 Å². The van der Waals surface area contributed by atoms with Crippen LogP contribution in [0.25, 0.3) is 0 Å². The van der Waals surface area contributed by atoms with Crippen LogP contribution in [-0.4, -0.2) is 104 Å². The fraction of sp³-hybridized carbons (Fsp3) is 0.864. The van der Waals surface area contributed by atoms with Crippen molar-refractivity contribution in [2.75, 3.05) is 13.2 Å². The first kappa shape index (κ1) is 29.6. The zero-order chi connectivity index (χ0) is 25.1. The molecule has 0 aromatic rings. The van der Waals surface area contributed by atoms with Crippen molar-refractivity contribution in [3.63, 3.8) is 0 Å². The second kappa shape index (κ2) is 14.7. The summed E-state index contributed by atoms with van der Waals surface area (Å²) in [5, 5.41) is 59.9. The summed E-state index contributed by atoms with van der Waals surface area (Å²) >= 11 is 0. The van der Waals surface area contributed by atoms with Crippen molar-refractivity contribution in [2.24, 2.45) is 5.92 Å². The van der Waals surface area contributed by atoms with Crippen molar-refractivity contribution in [1.82, 2.24) is 0 Å². The van der Waals surface area contributed by atoms with Crippen LogP contribution >= 0.6 is 0 Å². The molecule has 1 aliphatic carbocycles. The predicted molar refractivity (Wildman–Crippen MR) is 114 cm³/mol. The van der Waals surface area contributed by atoms with Gasteiger partial charge < -0.3 is 40.1 Å². The van der Waals surface area contributed by atoms with Crippen LogP contribution in [0.4, 0.5) is 0 Å². The Kier molecular flexibility index (Phi) is 13.2. The number of ketones is 2. The third-order valence-electron chi connectivity index (χ3n) is 5.82. The van der Waals surface area contributed by atoms with Gasteiger partial charge in [-0.1, -0.05) is 19.8 Å². The van der Waals surface area contributed by atoms with Gasteiger partial charge in [0.1, 0.15) is 36.3 Å². The monoisotopic (exact) mass is 478 g/mol. The molecule has 0 spiro atoms. The summed E-state index contributed by atoms with van der Waals surface area (Å²) in [4.78, 5) is 35.7. The maximum absolute atomic E-state index is 12.2. The lowest BCUT2D eigenvalue weighted by Crippen LogP contribution is -2.52. The Morgan fingerprint density at radius 1 is 1.00 bits per heavy atom. The van der Waals surface area contributed by atoms with Gasteiger partial charge in [0.05, 0.1) is 19.3 Å². The fourth-order valence-electron chi connectivity index (χ4n) is 3.78. The molecular formula is C22H38O11. The average Bonchev–Trinajstić information content (AvgIpc) is 3.05. The zero-order valence-electron chi connectivity index (χ0n) is 19.2. The van der Waals surface area contributed by atoms with E-state index in [2.05, 4.69) is 4.74 Å². The second-order valence-electron chi connectivity index (χ2n) is 8.43. The lowest BCUT2D eigenvalue weighted by Gasteiger charge is -2.29. The van der Waals surface area contributed by atoms with E-state index in [0.717, 1.165) is 19.3 Å². The molecule has 0 heterocycles. The van der Waals surface area contributed by atoms with Gasteiger partial charge in [-0.3, -0.25) is 9.59 Å². The highest BCUT2D eigenvalue weighted by atomic mass is 16.5. The molecule has 0 aliphatic heterocycles. The van der Waals surface area contributed by atoms with Crippen molar-refractivity contribution in [2.45, 2.75) is 102 Å². The molecule has 6 N–H and O–H groups in total. The molecule has 0 aromatic heterocycles. The largest absolute Gasteiger partial charge is 0.464 e. The van der Waals surface area contributed by atoms with Gasteiger partial charge in [-0.05, 0) is 19.8 Å². The van der Waals surface area contributed by atoms with Crippen LogP contribution in [0.3, 0.4) is 0 Å². The Bertz CT molecular complexity index is 625. The van der Waals surface area contributed by atoms with E-state index in [4.69, 9.17) is 4.74 Å². The number of carbonyl (C=O) groups is 3. The number of Topliss-reactive ketones (excluding diaryl/α,β-unsaturated/α-hetero) is 2. The van der Waals surface area contributed by atoms with E-state index < -0.39 is 67.0 Å². The Balaban J connectivity index is 2.61. The lowest BCUT2D eigenvalue weighted by molar-refractivity contribution is -0.176. The average molecular weight is 479 g/mol. The van der Waals surface area contributed by atoms with Gasteiger partial charge in [0, 0.05) is 25.2 Å². The molecule has 0 saturated heterocycles. The Labute approximate surface area is 193 Å². The van der Waals surface area contributed by atoms with Crippen molar-refractivity contribution in [1.29, 1.82) is 0 Å². The molecule has 5 unspecified atom stereocenters. The minimum atomic E-state index is -2.14. The van der Waals surface area contributed by atoms with Gasteiger partial charge in [0.25, 0.3) is 0 Å². The van der Waals surface area contributed by atoms with E-state index in [1.54, 1.807) is 0 Å². The molecule has 33 heavy (non-hydrogen) atoms. The fourth-order valence-corrected chi connectivity index (χ4v) is 3.78. The molecule has 1 rings (SSSR count). The molecule has 8 atom stereocenters. The number of aliphatic hydroxyl groups is 6. The molecule has 11 heteroatoms. The summed E-state index contributed by atoms with van der Waals surface area (Å²) in [5.41, 5.74) is 0. The Morgan fingerprint density at radius 3 is 2.27 bits per heavy atom. The standard InChI is InChI=1S/C22H38O11/c1-3-5-6-7-12(23)8-9-13-14(24)10-15(25)21(13)33-11-16(26)17(27)18(28)19(29)20(30)22(31)32-4-2/h13-14,16-21,24,26-30H,3-11H2,1-2H3/t13-,14+,16?,17?,18?,19?,20?,21-/m0/s1. The maximum Gasteiger partial charge on any atom is 0.337 e. The molecule has 1 saturated carbocycles. The van der Waals surface area contributed by atoms with E-state index in [-0.39, 0.29) is 31.7 Å². The van der Waals surface area contributed by atoms with Crippen molar-refractivity contribution >= 4 is 17.5 Å². The molecule has 0 bridgehead atoms. The molecule has 11 nitrogen and oxygen atoms in total. The van der Waals surface area contributed by atoms with Crippen molar-refractivity contribution in [3.8, 4) is 0 Å². The minimum Gasteiger partial charge on any atom is -0.464 e. The Hall–Kier alpha value is -1.47. The topological polar surface area (TPSA) is 191 Å². The lowest BCUT2D eigenvalue weighted by atomic mass is 9.94. The number of rotatable bonds is 16. The van der Waals surface area contributed by atoms with Gasteiger partial charge >= 0.3 is 5.97 Å². The van der Waals surface area contributed by atoms with E-state index in [1.807, 2.05) is 6.92 Å². The zero-order valence-corrected chi connectivity index (χ0v) is 19.2. The van der Waals surface area contributed by atoms with E-state index in [1.165, 1.54) is 6.92 Å². The number of hydrogen-bond acceptors (Lipinski definition) is 11. The molecule has 192 valence electrons. The molecule has 1 fully saturated rings.